The highest BCUT2D eigenvalue weighted by atomic mass is 19.1. The molecule has 4 aromatic rings. The van der Waals surface area contributed by atoms with E-state index >= 15 is 0 Å². The molecule has 158 valence electrons. The number of β-amino-alcohol motifs (C(OH)–C–C–N with tert-alkyl or cyclic N) is 1. The van der Waals surface area contributed by atoms with Crippen molar-refractivity contribution in [2.45, 2.75) is 18.9 Å². The largest absolute Gasteiger partial charge is 0.494 e. The fraction of sp³-hybridized carbons (Fsp3) is 0.240. The molecule has 6 heteroatoms. The van der Waals surface area contributed by atoms with Crippen molar-refractivity contribution in [3.63, 3.8) is 0 Å². The van der Waals surface area contributed by atoms with Gasteiger partial charge in [0.1, 0.15) is 0 Å². The molecule has 5 rings (SSSR count). The Hall–Kier alpha value is -3.38. The number of H-pyrrole nitrogens is 1. The van der Waals surface area contributed by atoms with Crippen molar-refractivity contribution in [3.8, 4) is 16.9 Å². The van der Waals surface area contributed by atoms with Crippen molar-refractivity contribution in [2.24, 2.45) is 0 Å². The molecule has 0 unspecified atom stereocenters. The summed E-state index contributed by atoms with van der Waals surface area (Å²) in [5, 5.41) is 11.8. The standard InChI is InChI=1S/C25H23FN2O3/c1-31-24-9-6-16(13-21(24)26)15-4-7-22-19(11-15)20-12-17(5-8-23(20)27-22)25(30)28-10-2-3-18(29)14-28/h4-9,11-13,18,27,29H,2-3,10,14H2,1H3/t18-/m0/s1. The maximum atomic E-state index is 14.2. The van der Waals surface area contributed by atoms with Crippen LogP contribution in [0.5, 0.6) is 5.75 Å². The Balaban J connectivity index is 1.56. The van der Waals surface area contributed by atoms with Crippen molar-refractivity contribution in [1.29, 1.82) is 0 Å². The molecule has 0 saturated carbocycles. The van der Waals surface area contributed by atoms with E-state index in [0.717, 1.165) is 45.8 Å². The topological polar surface area (TPSA) is 65.6 Å². The lowest BCUT2D eigenvalue weighted by atomic mass is 10.0. The second-order valence-corrected chi connectivity index (χ2v) is 8.04. The van der Waals surface area contributed by atoms with Gasteiger partial charge in [-0.1, -0.05) is 12.1 Å². The van der Waals surface area contributed by atoms with Crippen molar-refractivity contribution < 1.29 is 19.0 Å². The third-order valence-electron chi connectivity index (χ3n) is 6.01. The summed E-state index contributed by atoms with van der Waals surface area (Å²) in [7, 11) is 1.44. The summed E-state index contributed by atoms with van der Waals surface area (Å²) in [6, 6.07) is 16.5. The number of hydrogen-bond acceptors (Lipinski definition) is 3. The van der Waals surface area contributed by atoms with Crippen LogP contribution in [0, 0.1) is 5.82 Å². The number of aromatic nitrogens is 1. The Labute approximate surface area is 179 Å². The third kappa shape index (κ3) is 3.53. The number of benzene rings is 3. The van der Waals surface area contributed by atoms with Gasteiger partial charge in [0.25, 0.3) is 5.91 Å². The van der Waals surface area contributed by atoms with E-state index in [1.165, 1.54) is 13.2 Å². The molecule has 0 spiro atoms. The van der Waals surface area contributed by atoms with E-state index in [1.54, 1.807) is 11.0 Å². The zero-order chi connectivity index (χ0) is 21.5. The number of fused-ring (bicyclic) bond motifs is 3. The van der Waals surface area contributed by atoms with Crippen LogP contribution in [0.2, 0.25) is 0 Å². The number of amides is 1. The van der Waals surface area contributed by atoms with E-state index in [4.69, 9.17) is 4.74 Å². The van der Waals surface area contributed by atoms with Gasteiger partial charge in [-0.2, -0.15) is 0 Å². The molecule has 1 aliphatic rings. The molecule has 3 aromatic carbocycles. The lowest BCUT2D eigenvalue weighted by molar-refractivity contribution is 0.0474. The van der Waals surface area contributed by atoms with Gasteiger partial charge in [-0.15, -0.1) is 0 Å². The van der Waals surface area contributed by atoms with Gasteiger partial charge in [0.05, 0.1) is 13.2 Å². The van der Waals surface area contributed by atoms with Gasteiger partial charge in [0.15, 0.2) is 11.6 Å². The molecule has 1 saturated heterocycles. The fourth-order valence-corrected chi connectivity index (χ4v) is 4.38. The van der Waals surface area contributed by atoms with Gasteiger partial charge in [-0.25, -0.2) is 4.39 Å². The van der Waals surface area contributed by atoms with Gasteiger partial charge in [0, 0.05) is 40.5 Å². The zero-order valence-electron chi connectivity index (χ0n) is 17.2. The highest BCUT2D eigenvalue weighted by Crippen LogP contribution is 2.32. The van der Waals surface area contributed by atoms with Gasteiger partial charge in [0.2, 0.25) is 0 Å². The molecule has 5 nitrogen and oxygen atoms in total. The molecule has 1 atom stereocenters. The van der Waals surface area contributed by atoms with Crippen LogP contribution in [0.15, 0.2) is 54.6 Å². The lowest BCUT2D eigenvalue weighted by Crippen LogP contribution is -2.42. The zero-order valence-corrected chi connectivity index (χ0v) is 17.2. The number of likely N-dealkylation sites (tertiary alicyclic amines) is 1. The minimum atomic E-state index is -0.457. The smallest absolute Gasteiger partial charge is 0.253 e. The quantitative estimate of drug-likeness (QED) is 0.505. The van der Waals surface area contributed by atoms with Crippen LogP contribution in [0.1, 0.15) is 23.2 Å². The highest BCUT2D eigenvalue weighted by molar-refractivity contribution is 6.11. The van der Waals surface area contributed by atoms with E-state index in [-0.39, 0.29) is 11.7 Å². The third-order valence-corrected chi connectivity index (χ3v) is 6.01. The van der Waals surface area contributed by atoms with Crippen LogP contribution in [-0.4, -0.2) is 47.2 Å². The number of piperidine rings is 1. The summed E-state index contributed by atoms with van der Waals surface area (Å²) in [5.41, 5.74) is 4.12. The number of aromatic amines is 1. The summed E-state index contributed by atoms with van der Waals surface area (Å²) < 4.78 is 19.2. The Morgan fingerprint density at radius 1 is 1.06 bits per heavy atom. The van der Waals surface area contributed by atoms with Crippen LogP contribution < -0.4 is 4.74 Å². The average molecular weight is 418 g/mol. The molecule has 1 fully saturated rings. The molecular weight excluding hydrogens is 395 g/mol. The number of aliphatic hydroxyl groups is 1. The van der Waals surface area contributed by atoms with E-state index in [2.05, 4.69) is 4.98 Å². The number of ether oxygens (including phenoxy) is 1. The average Bonchev–Trinajstić information content (AvgIpc) is 3.15. The molecule has 0 aliphatic carbocycles. The van der Waals surface area contributed by atoms with Crippen molar-refractivity contribution in [2.75, 3.05) is 20.2 Å². The predicted octanol–water partition coefficient (Wildman–Crippen LogP) is 4.73. The monoisotopic (exact) mass is 418 g/mol. The summed E-state index contributed by atoms with van der Waals surface area (Å²) in [4.78, 5) is 18.1. The first-order valence-corrected chi connectivity index (χ1v) is 10.4. The number of hydrogen-bond donors (Lipinski definition) is 2. The first kappa shape index (κ1) is 19.6. The van der Waals surface area contributed by atoms with Gasteiger partial charge in [-0.3, -0.25) is 4.79 Å². The Kier molecular flexibility index (Phi) is 4.87. The molecule has 2 heterocycles. The second kappa shape index (κ2) is 7.71. The number of carbonyl (C=O) groups excluding carboxylic acids is 1. The Morgan fingerprint density at radius 2 is 1.77 bits per heavy atom. The predicted molar refractivity (Wildman–Crippen MR) is 119 cm³/mol. The molecule has 1 aromatic heterocycles. The number of nitrogens with one attached hydrogen (secondary N) is 1. The van der Waals surface area contributed by atoms with Crippen molar-refractivity contribution in [3.05, 3.63) is 66.0 Å². The minimum absolute atomic E-state index is 0.0663. The Morgan fingerprint density at radius 3 is 2.52 bits per heavy atom. The van der Waals surface area contributed by atoms with Crippen molar-refractivity contribution >= 4 is 27.7 Å². The molecule has 2 N–H and O–H groups in total. The maximum Gasteiger partial charge on any atom is 0.253 e. The molecule has 0 radical (unpaired) electrons. The molecule has 31 heavy (non-hydrogen) atoms. The van der Waals surface area contributed by atoms with Gasteiger partial charge >= 0.3 is 0 Å². The number of methoxy groups -OCH3 is 1. The molecule has 1 amide bonds. The van der Waals surface area contributed by atoms with Crippen LogP contribution in [0.3, 0.4) is 0 Å². The number of carbonyl (C=O) groups is 1. The fourth-order valence-electron chi connectivity index (χ4n) is 4.38. The van der Waals surface area contributed by atoms with Crippen LogP contribution in [0.4, 0.5) is 4.39 Å². The number of halogens is 1. The van der Waals surface area contributed by atoms with Gasteiger partial charge in [-0.05, 0) is 66.4 Å². The summed E-state index contributed by atoms with van der Waals surface area (Å²) in [5.74, 6) is -0.262. The highest BCUT2D eigenvalue weighted by Gasteiger charge is 2.23. The second-order valence-electron chi connectivity index (χ2n) is 8.04. The van der Waals surface area contributed by atoms with Crippen LogP contribution in [0.25, 0.3) is 32.9 Å². The van der Waals surface area contributed by atoms with E-state index in [1.807, 2.05) is 42.5 Å². The van der Waals surface area contributed by atoms with Gasteiger partial charge < -0.3 is 19.7 Å². The number of nitrogens with zero attached hydrogens (tertiary/aromatic N) is 1. The van der Waals surface area contributed by atoms with E-state index in [0.29, 0.717) is 18.7 Å². The lowest BCUT2D eigenvalue weighted by Gasteiger charge is -2.30. The number of rotatable bonds is 3. The normalized spacial score (nSPS) is 16.7. The van der Waals surface area contributed by atoms with Crippen LogP contribution >= 0.6 is 0 Å². The maximum absolute atomic E-state index is 14.2. The van der Waals surface area contributed by atoms with Crippen LogP contribution in [-0.2, 0) is 0 Å². The summed E-state index contributed by atoms with van der Waals surface area (Å²) in [6.07, 6.45) is 1.09. The van der Waals surface area contributed by atoms with Crippen molar-refractivity contribution in [1.82, 2.24) is 9.88 Å². The SMILES string of the molecule is COc1ccc(-c2ccc3[nH]c4ccc(C(=O)N5CCC[C@H](O)C5)cc4c3c2)cc1F. The summed E-state index contributed by atoms with van der Waals surface area (Å²) >= 11 is 0. The molecular formula is C25H23FN2O3. The van der Waals surface area contributed by atoms with E-state index < -0.39 is 11.9 Å². The first-order chi connectivity index (χ1) is 15.0. The molecule has 0 bridgehead atoms. The van der Waals surface area contributed by atoms with E-state index in [9.17, 15) is 14.3 Å². The molecule has 1 aliphatic heterocycles. The minimum Gasteiger partial charge on any atom is -0.494 e. The Bertz CT molecular complexity index is 1300. The summed E-state index contributed by atoms with van der Waals surface area (Å²) in [6.45, 7) is 1.03. The number of aliphatic hydroxyl groups excluding tert-OH is 1. The first-order valence-electron chi connectivity index (χ1n) is 10.4.